The van der Waals surface area contributed by atoms with Crippen molar-refractivity contribution >= 4 is 0 Å². The Morgan fingerprint density at radius 3 is 2.55 bits per heavy atom. The Bertz CT molecular complexity index is 128. The molecule has 11 heavy (non-hydrogen) atoms. The average molecular weight is 162 g/mol. The lowest BCUT2D eigenvalue weighted by molar-refractivity contribution is -0.0513. The maximum atomic E-state index is 9.25. The molecule has 1 rings (SSSR count). The van der Waals surface area contributed by atoms with Gasteiger partial charge in [-0.25, -0.2) is 0 Å². The van der Waals surface area contributed by atoms with Gasteiger partial charge in [0, 0.05) is 0 Å². The van der Waals surface area contributed by atoms with Crippen LogP contribution in [0.5, 0.6) is 0 Å². The highest BCUT2D eigenvalue weighted by Crippen LogP contribution is 2.18. The Morgan fingerprint density at radius 2 is 2.18 bits per heavy atom. The van der Waals surface area contributed by atoms with E-state index in [-0.39, 0.29) is 6.61 Å². The molecule has 0 aromatic heterocycles. The summed E-state index contributed by atoms with van der Waals surface area (Å²) in [4.78, 5) is 0. The van der Waals surface area contributed by atoms with Crippen LogP contribution in [0.25, 0.3) is 0 Å². The molecular weight excluding hydrogens is 148 g/mol. The molecule has 0 saturated carbocycles. The van der Waals surface area contributed by atoms with Crippen LogP contribution >= 0.6 is 0 Å². The standard InChI is InChI=1S/C7H14O4/c1-2-4(8)7-6(10)5(9)3-11-7/h4-10H,2-3H2,1H3/t4?,5-,6+,7+/m0/s1. The number of ether oxygens (including phenoxy) is 1. The van der Waals surface area contributed by atoms with Crippen molar-refractivity contribution in [3.05, 3.63) is 0 Å². The van der Waals surface area contributed by atoms with Gasteiger partial charge in [0.2, 0.25) is 0 Å². The van der Waals surface area contributed by atoms with Gasteiger partial charge in [0.25, 0.3) is 0 Å². The second kappa shape index (κ2) is 3.49. The van der Waals surface area contributed by atoms with E-state index in [0.717, 1.165) is 0 Å². The predicted octanol–water partition coefficient (Wildman–Crippen LogP) is -1.12. The van der Waals surface area contributed by atoms with E-state index in [1.54, 1.807) is 6.92 Å². The molecule has 1 aliphatic heterocycles. The molecule has 4 nitrogen and oxygen atoms in total. The van der Waals surface area contributed by atoms with Gasteiger partial charge in [0.05, 0.1) is 12.7 Å². The summed E-state index contributed by atoms with van der Waals surface area (Å²) in [5.41, 5.74) is 0. The van der Waals surface area contributed by atoms with Gasteiger partial charge in [-0.15, -0.1) is 0 Å². The van der Waals surface area contributed by atoms with Gasteiger partial charge in [-0.05, 0) is 6.42 Å². The smallest absolute Gasteiger partial charge is 0.112 e. The lowest BCUT2D eigenvalue weighted by atomic mass is 10.0. The average Bonchev–Trinajstić information content (AvgIpc) is 2.32. The molecule has 0 amide bonds. The Kier molecular flexibility index (Phi) is 2.84. The van der Waals surface area contributed by atoms with Gasteiger partial charge in [0.1, 0.15) is 18.3 Å². The number of aliphatic hydroxyl groups is 3. The van der Waals surface area contributed by atoms with Crippen molar-refractivity contribution in [3.8, 4) is 0 Å². The molecule has 0 radical (unpaired) electrons. The van der Waals surface area contributed by atoms with Gasteiger partial charge in [-0.2, -0.15) is 0 Å². The highest BCUT2D eigenvalue weighted by atomic mass is 16.5. The van der Waals surface area contributed by atoms with Crippen LogP contribution in [0.1, 0.15) is 13.3 Å². The fourth-order valence-electron chi connectivity index (χ4n) is 1.20. The van der Waals surface area contributed by atoms with Gasteiger partial charge >= 0.3 is 0 Å². The highest BCUT2D eigenvalue weighted by Gasteiger charge is 2.38. The zero-order valence-corrected chi connectivity index (χ0v) is 6.47. The largest absolute Gasteiger partial charge is 0.390 e. The van der Waals surface area contributed by atoms with Crippen molar-refractivity contribution in [2.24, 2.45) is 0 Å². The summed E-state index contributed by atoms with van der Waals surface area (Å²) in [6.45, 7) is 1.91. The number of aliphatic hydroxyl groups excluding tert-OH is 3. The van der Waals surface area contributed by atoms with Crippen LogP contribution in [-0.2, 0) is 4.74 Å². The molecule has 1 fully saturated rings. The third kappa shape index (κ3) is 1.70. The molecular formula is C7H14O4. The molecule has 0 bridgehead atoms. The Hall–Kier alpha value is -0.160. The molecule has 1 unspecified atom stereocenters. The van der Waals surface area contributed by atoms with Gasteiger partial charge in [0.15, 0.2) is 0 Å². The SMILES string of the molecule is CCC(O)[C@H]1OC[C@H](O)[C@H]1O. The van der Waals surface area contributed by atoms with Gasteiger partial charge < -0.3 is 20.1 Å². The van der Waals surface area contributed by atoms with Crippen LogP contribution in [0.3, 0.4) is 0 Å². The Morgan fingerprint density at radius 1 is 1.55 bits per heavy atom. The topological polar surface area (TPSA) is 69.9 Å². The van der Waals surface area contributed by atoms with Crippen molar-refractivity contribution in [3.63, 3.8) is 0 Å². The highest BCUT2D eigenvalue weighted by molar-refractivity contribution is 4.87. The van der Waals surface area contributed by atoms with Crippen LogP contribution < -0.4 is 0 Å². The first-order valence-corrected chi connectivity index (χ1v) is 3.82. The van der Waals surface area contributed by atoms with E-state index in [9.17, 15) is 10.2 Å². The fourth-order valence-corrected chi connectivity index (χ4v) is 1.20. The predicted molar refractivity (Wildman–Crippen MR) is 38.1 cm³/mol. The summed E-state index contributed by atoms with van der Waals surface area (Å²) in [6, 6.07) is 0. The minimum absolute atomic E-state index is 0.114. The minimum Gasteiger partial charge on any atom is -0.390 e. The second-order valence-electron chi connectivity index (χ2n) is 2.83. The lowest BCUT2D eigenvalue weighted by Gasteiger charge is -2.19. The summed E-state index contributed by atoms with van der Waals surface area (Å²) in [7, 11) is 0. The van der Waals surface area contributed by atoms with Crippen LogP contribution in [-0.4, -0.2) is 46.3 Å². The van der Waals surface area contributed by atoms with Crippen molar-refractivity contribution in [2.45, 2.75) is 37.8 Å². The molecule has 1 saturated heterocycles. The summed E-state index contributed by atoms with van der Waals surface area (Å²) in [6.07, 6.45) is -2.56. The summed E-state index contributed by atoms with van der Waals surface area (Å²) < 4.78 is 4.98. The maximum absolute atomic E-state index is 9.25. The molecule has 1 aliphatic rings. The maximum Gasteiger partial charge on any atom is 0.112 e. The quantitative estimate of drug-likeness (QED) is 0.481. The normalized spacial score (nSPS) is 40.9. The molecule has 0 aliphatic carbocycles. The zero-order valence-electron chi connectivity index (χ0n) is 6.47. The first-order valence-electron chi connectivity index (χ1n) is 3.82. The first kappa shape index (κ1) is 8.93. The van der Waals surface area contributed by atoms with Crippen LogP contribution in [0.2, 0.25) is 0 Å². The third-order valence-electron chi connectivity index (χ3n) is 1.99. The molecule has 3 N–H and O–H groups in total. The summed E-state index contributed by atoms with van der Waals surface area (Å²) in [5.74, 6) is 0. The van der Waals surface area contributed by atoms with E-state index in [0.29, 0.717) is 6.42 Å². The van der Waals surface area contributed by atoms with Crippen molar-refractivity contribution in [1.82, 2.24) is 0 Å². The Balaban J connectivity index is 2.47. The van der Waals surface area contributed by atoms with E-state index in [1.165, 1.54) is 0 Å². The molecule has 4 heteroatoms. The van der Waals surface area contributed by atoms with Gasteiger partial charge in [-0.3, -0.25) is 0 Å². The first-order chi connectivity index (χ1) is 5.16. The van der Waals surface area contributed by atoms with Crippen molar-refractivity contribution < 1.29 is 20.1 Å². The fraction of sp³-hybridized carbons (Fsp3) is 1.00. The lowest BCUT2D eigenvalue weighted by Crippen LogP contribution is -2.38. The number of rotatable bonds is 2. The van der Waals surface area contributed by atoms with E-state index in [4.69, 9.17) is 9.84 Å². The van der Waals surface area contributed by atoms with E-state index in [1.807, 2.05) is 0 Å². The molecule has 66 valence electrons. The number of hydrogen-bond acceptors (Lipinski definition) is 4. The third-order valence-corrected chi connectivity index (χ3v) is 1.99. The summed E-state index contributed by atoms with van der Waals surface area (Å²) >= 11 is 0. The second-order valence-corrected chi connectivity index (χ2v) is 2.83. The number of hydrogen-bond donors (Lipinski definition) is 3. The van der Waals surface area contributed by atoms with E-state index >= 15 is 0 Å². The van der Waals surface area contributed by atoms with E-state index < -0.39 is 24.4 Å². The molecule has 0 aromatic rings. The Labute approximate surface area is 65.4 Å². The van der Waals surface area contributed by atoms with Crippen molar-refractivity contribution in [2.75, 3.05) is 6.61 Å². The molecule has 0 aromatic carbocycles. The van der Waals surface area contributed by atoms with Crippen LogP contribution in [0.4, 0.5) is 0 Å². The van der Waals surface area contributed by atoms with E-state index in [2.05, 4.69) is 0 Å². The minimum atomic E-state index is -0.940. The van der Waals surface area contributed by atoms with Crippen molar-refractivity contribution in [1.29, 1.82) is 0 Å². The summed E-state index contributed by atoms with van der Waals surface area (Å²) in [5, 5.41) is 27.5. The molecule has 1 heterocycles. The molecule has 0 spiro atoms. The van der Waals surface area contributed by atoms with Crippen LogP contribution in [0.15, 0.2) is 0 Å². The molecule has 4 atom stereocenters. The van der Waals surface area contributed by atoms with Gasteiger partial charge in [-0.1, -0.05) is 6.92 Å². The zero-order chi connectivity index (χ0) is 8.43. The van der Waals surface area contributed by atoms with Crippen LogP contribution in [0, 0.1) is 0 Å². The monoisotopic (exact) mass is 162 g/mol.